The van der Waals surface area contributed by atoms with Gasteiger partial charge in [0.15, 0.2) is 0 Å². The molecular weight excluding hydrogens is 256 g/mol. The SMILES string of the molecule is CCCCC1=CC=C(COCC(O)CO)SS1. The fourth-order valence-corrected chi connectivity index (χ4v) is 3.44. The van der Waals surface area contributed by atoms with E-state index >= 15 is 0 Å². The number of rotatable bonds is 8. The van der Waals surface area contributed by atoms with Gasteiger partial charge in [0, 0.05) is 4.91 Å². The standard InChI is InChI=1S/C12H20O3S2/c1-2-3-4-11-5-6-12(17-16-11)9-15-8-10(14)7-13/h5-6,10,13-14H,2-4,7-9H2,1H3. The van der Waals surface area contributed by atoms with Crippen LogP contribution in [-0.2, 0) is 4.74 Å². The summed E-state index contributed by atoms with van der Waals surface area (Å²) in [4.78, 5) is 2.57. The molecule has 3 nitrogen and oxygen atoms in total. The van der Waals surface area contributed by atoms with Gasteiger partial charge >= 0.3 is 0 Å². The monoisotopic (exact) mass is 276 g/mol. The fraction of sp³-hybridized carbons (Fsp3) is 0.667. The molecule has 5 heteroatoms. The Kier molecular flexibility index (Phi) is 8.05. The Hall–Kier alpha value is 0.0600. The first-order chi connectivity index (χ1) is 8.26. The minimum atomic E-state index is -0.771. The first kappa shape index (κ1) is 15.1. The minimum Gasteiger partial charge on any atom is -0.394 e. The Labute approximate surface area is 111 Å². The third-order valence-electron chi connectivity index (χ3n) is 2.25. The highest BCUT2D eigenvalue weighted by molar-refractivity contribution is 8.79. The molecule has 1 atom stereocenters. The molecule has 2 N–H and O–H groups in total. The van der Waals surface area contributed by atoms with Gasteiger partial charge in [-0.15, -0.1) is 0 Å². The fourth-order valence-electron chi connectivity index (χ4n) is 1.24. The van der Waals surface area contributed by atoms with Crippen molar-refractivity contribution in [3.63, 3.8) is 0 Å². The molecule has 0 aromatic heterocycles. The number of ether oxygens (including phenoxy) is 1. The van der Waals surface area contributed by atoms with E-state index in [1.165, 1.54) is 17.7 Å². The predicted molar refractivity (Wildman–Crippen MR) is 74.8 cm³/mol. The lowest BCUT2D eigenvalue weighted by Gasteiger charge is -2.14. The Morgan fingerprint density at radius 1 is 1.29 bits per heavy atom. The van der Waals surface area contributed by atoms with E-state index in [0.717, 1.165) is 11.3 Å². The maximum atomic E-state index is 9.11. The van der Waals surface area contributed by atoms with Crippen LogP contribution in [0.25, 0.3) is 0 Å². The molecule has 0 amide bonds. The van der Waals surface area contributed by atoms with Crippen LogP contribution in [-0.4, -0.2) is 36.1 Å². The van der Waals surface area contributed by atoms with E-state index in [2.05, 4.69) is 19.1 Å². The Bertz CT molecular complexity index is 277. The summed E-state index contributed by atoms with van der Waals surface area (Å²) in [6.45, 7) is 2.64. The average molecular weight is 276 g/mol. The summed E-state index contributed by atoms with van der Waals surface area (Å²) in [5.74, 6) is 0. The molecule has 98 valence electrons. The van der Waals surface area contributed by atoms with E-state index in [-0.39, 0.29) is 13.2 Å². The highest BCUT2D eigenvalue weighted by atomic mass is 33.1. The van der Waals surface area contributed by atoms with Crippen molar-refractivity contribution in [2.75, 3.05) is 19.8 Å². The third kappa shape index (κ3) is 6.52. The number of allylic oxidation sites excluding steroid dienone is 3. The van der Waals surface area contributed by atoms with E-state index in [4.69, 9.17) is 14.9 Å². The molecule has 1 unspecified atom stereocenters. The molecule has 0 aliphatic carbocycles. The second-order valence-electron chi connectivity index (χ2n) is 3.89. The third-order valence-corrected chi connectivity index (χ3v) is 4.89. The van der Waals surface area contributed by atoms with Crippen molar-refractivity contribution in [1.29, 1.82) is 0 Å². The van der Waals surface area contributed by atoms with Gasteiger partial charge in [-0.1, -0.05) is 41.0 Å². The van der Waals surface area contributed by atoms with E-state index in [9.17, 15) is 0 Å². The molecule has 1 aliphatic rings. The summed E-state index contributed by atoms with van der Waals surface area (Å²) in [6, 6.07) is 0. The van der Waals surface area contributed by atoms with Crippen molar-refractivity contribution in [3.8, 4) is 0 Å². The number of aliphatic hydroxyl groups is 2. The number of hydrogen-bond acceptors (Lipinski definition) is 5. The van der Waals surface area contributed by atoms with Crippen LogP contribution in [0.5, 0.6) is 0 Å². The van der Waals surface area contributed by atoms with Crippen LogP contribution in [0, 0.1) is 0 Å². The summed E-state index contributed by atoms with van der Waals surface area (Å²) in [6.07, 6.45) is 7.08. The highest BCUT2D eigenvalue weighted by Crippen LogP contribution is 2.41. The van der Waals surface area contributed by atoms with Gasteiger partial charge in [-0.05, 0) is 23.8 Å². The van der Waals surface area contributed by atoms with Gasteiger partial charge in [0.2, 0.25) is 0 Å². The lowest BCUT2D eigenvalue weighted by Crippen LogP contribution is -2.19. The van der Waals surface area contributed by atoms with Gasteiger partial charge in [0.1, 0.15) is 6.10 Å². The van der Waals surface area contributed by atoms with Gasteiger partial charge in [0.25, 0.3) is 0 Å². The summed E-state index contributed by atoms with van der Waals surface area (Å²) in [5, 5.41) is 17.7. The van der Waals surface area contributed by atoms with Crippen LogP contribution in [0.2, 0.25) is 0 Å². The van der Waals surface area contributed by atoms with Gasteiger partial charge < -0.3 is 14.9 Å². The van der Waals surface area contributed by atoms with E-state index in [0.29, 0.717) is 6.61 Å². The summed E-state index contributed by atoms with van der Waals surface area (Å²) in [5.41, 5.74) is 0. The summed E-state index contributed by atoms with van der Waals surface area (Å²) >= 11 is 0. The van der Waals surface area contributed by atoms with Crippen molar-refractivity contribution in [3.05, 3.63) is 22.0 Å². The van der Waals surface area contributed by atoms with Crippen molar-refractivity contribution in [2.45, 2.75) is 32.3 Å². The molecule has 0 saturated carbocycles. The van der Waals surface area contributed by atoms with Gasteiger partial charge in [-0.2, -0.15) is 0 Å². The molecule has 0 aromatic carbocycles. The van der Waals surface area contributed by atoms with Crippen LogP contribution in [0.3, 0.4) is 0 Å². The van der Waals surface area contributed by atoms with Crippen molar-refractivity contribution < 1.29 is 14.9 Å². The molecule has 1 heterocycles. The normalized spacial score (nSPS) is 17.6. The maximum absolute atomic E-state index is 9.11. The zero-order valence-electron chi connectivity index (χ0n) is 10.1. The lowest BCUT2D eigenvalue weighted by atomic mass is 10.2. The van der Waals surface area contributed by atoms with Crippen LogP contribution in [0.1, 0.15) is 26.2 Å². The number of hydrogen-bond donors (Lipinski definition) is 2. The van der Waals surface area contributed by atoms with Crippen LogP contribution in [0.4, 0.5) is 0 Å². The van der Waals surface area contributed by atoms with Gasteiger partial charge in [-0.25, -0.2) is 0 Å². The molecule has 17 heavy (non-hydrogen) atoms. The Morgan fingerprint density at radius 3 is 2.59 bits per heavy atom. The summed E-state index contributed by atoms with van der Waals surface area (Å²) < 4.78 is 5.30. The van der Waals surface area contributed by atoms with Crippen LogP contribution in [0.15, 0.2) is 22.0 Å². The van der Waals surface area contributed by atoms with Crippen LogP contribution < -0.4 is 0 Å². The predicted octanol–water partition coefficient (Wildman–Crippen LogP) is 2.71. The quantitative estimate of drug-likeness (QED) is 0.668. The van der Waals surface area contributed by atoms with Crippen molar-refractivity contribution in [2.24, 2.45) is 0 Å². The van der Waals surface area contributed by atoms with Crippen molar-refractivity contribution >= 4 is 21.6 Å². The molecule has 0 bridgehead atoms. The van der Waals surface area contributed by atoms with E-state index < -0.39 is 6.10 Å². The van der Waals surface area contributed by atoms with E-state index in [1.54, 1.807) is 21.6 Å². The van der Waals surface area contributed by atoms with E-state index in [1.807, 2.05) is 0 Å². The molecule has 1 rings (SSSR count). The number of aliphatic hydroxyl groups excluding tert-OH is 2. The Morgan fingerprint density at radius 2 is 2.00 bits per heavy atom. The van der Waals surface area contributed by atoms with Gasteiger partial charge in [0.05, 0.1) is 19.8 Å². The zero-order valence-corrected chi connectivity index (χ0v) is 11.7. The smallest absolute Gasteiger partial charge is 0.100 e. The average Bonchev–Trinajstić information content (AvgIpc) is 2.37. The molecule has 0 aromatic rings. The molecule has 0 spiro atoms. The second-order valence-corrected chi connectivity index (χ2v) is 6.27. The first-order valence-corrected chi connectivity index (χ1v) is 8.02. The number of unbranched alkanes of at least 4 members (excludes halogenated alkanes) is 1. The molecule has 1 aliphatic heterocycles. The maximum Gasteiger partial charge on any atom is 0.100 e. The highest BCUT2D eigenvalue weighted by Gasteiger charge is 2.09. The van der Waals surface area contributed by atoms with Gasteiger partial charge in [-0.3, -0.25) is 0 Å². The molecular formula is C12H20O3S2. The Balaban J connectivity index is 2.23. The van der Waals surface area contributed by atoms with Crippen molar-refractivity contribution in [1.82, 2.24) is 0 Å². The lowest BCUT2D eigenvalue weighted by molar-refractivity contribution is 0.0144. The topological polar surface area (TPSA) is 49.7 Å². The largest absolute Gasteiger partial charge is 0.394 e. The first-order valence-electron chi connectivity index (χ1n) is 5.87. The second kappa shape index (κ2) is 9.05. The molecule has 0 saturated heterocycles. The molecule has 0 fully saturated rings. The zero-order chi connectivity index (χ0) is 12.5. The van der Waals surface area contributed by atoms with Crippen LogP contribution >= 0.6 is 21.6 Å². The molecule has 0 radical (unpaired) electrons. The summed E-state index contributed by atoms with van der Waals surface area (Å²) in [7, 11) is 3.51. The minimum absolute atomic E-state index is 0.186.